The quantitative estimate of drug-likeness (QED) is 0.693. The van der Waals surface area contributed by atoms with Crippen LogP contribution in [0, 0.1) is 29.6 Å². The monoisotopic (exact) mass is 237 g/mol. The molecule has 1 unspecified atom stereocenters. The van der Waals surface area contributed by atoms with Crippen LogP contribution in [0.3, 0.4) is 0 Å². The highest BCUT2D eigenvalue weighted by Crippen LogP contribution is 2.01. The second-order valence-corrected chi connectivity index (χ2v) is 3.65. The van der Waals surface area contributed by atoms with Crippen molar-refractivity contribution in [1.82, 2.24) is 9.80 Å². The predicted octanol–water partition coefficient (Wildman–Crippen LogP) is 0.218. The lowest BCUT2D eigenvalue weighted by Crippen LogP contribution is -2.45. The molecule has 0 rings (SSSR count). The van der Waals surface area contributed by atoms with E-state index in [9.17, 15) is 9.59 Å². The lowest BCUT2D eigenvalue weighted by atomic mass is 10.2. The molecule has 1 N–H and O–H groups in total. The molecule has 0 saturated carbocycles. The molecule has 0 heterocycles. The molecule has 0 aliphatic heterocycles. The Labute approximate surface area is 100 Å². The molecule has 0 saturated heterocycles. The molecule has 6 nitrogen and oxygen atoms in total. The molecular weight excluding hydrogens is 222 g/mol. The molecule has 0 aromatic carbocycles. The summed E-state index contributed by atoms with van der Waals surface area (Å²) in [6.07, 6.45) is 5.06. The summed E-state index contributed by atoms with van der Waals surface area (Å²) in [5, 5.41) is 17.3. The van der Waals surface area contributed by atoms with E-state index in [4.69, 9.17) is 16.8 Å². The number of carbonyl (C=O) groups is 2. The predicted molar refractivity (Wildman–Crippen MR) is 60.8 cm³/mol. The summed E-state index contributed by atoms with van der Waals surface area (Å²) >= 11 is 0. The van der Waals surface area contributed by atoms with E-state index in [1.54, 1.807) is 6.92 Å². The first kappa shape index (κ1) is 14.8. The van der Waals surface area contributed by atoms with Crippen molar-refractivity contribution in [3.63, 3.8) is 0 Å². The molecule has 6 heteroatoms. The number of carboxylic acid groups (broad SMARTS) is 1. The molecule has 0 bridgehead atoms. The van der Waals surface area contributed by atoms with E-state index in [-0.39, 0.29) is 19.0 Å². The molecular formula is C11H15N3O3. The van der Waals surface area contributed by atoms with Gasteiger partial charge in [-0.05, 0) is 6.92 Å². The first-order valence-electron chi connectivity index (χ1n) is 4.97. The van der Waals surface area contributed by atoms with Crippen LogP contribution >= 0.6 is 0 Å². The molecule has 0 fully saturated rings. The number of nitriles is 1. The van der Waals surface area contributed by atoms with Gasteiger partial charge >= 0.3 is 12.0 Å². The standard InChI is InChI=1S/C11H15N3O3/c1-4-5-14(8-10(15)16)11(17)13(3)7-9(2)6-12/h1,9H,5,7-8H2,2-3H3,(H,15,16). The van der Waals surface area contributed by atoms with Crippen LogP contribution in [0.5, 0.6) is 0 Å². The van der Waals surface area contributed by atoms with Crippen molar-refractivity contribution in [2.75, 3.05) is 26.7 Å². The van der Waals surface area contributed by atoms with Crippen molar-refractivity contribution in [1.29, 1.82) is 5.26 Å². The van der Waals surface area contributed by atoms with Crippen molar-refractivity contribution in [3.05, 3.63) is 0 Å². The van der Waals surface area contributed by atoms with Gasteiger partial charge in [-0.15, -0.1) is 6.42 Å². The van der Waals surface area contributed by atoms with Gasteiger partial charge in [0.25, 0.3) is 0 Å². The summed E-state index contributed by atoms with van der Waals surface area (Å²) in [6.45, 7) is 1.38. The zero-order valence-corrected chi connectivity index (χ0v) is 9.88. The van der Waals surface area contributed by atoms with E-state index in [2.05, 4.69) is 5.92 Å². The maximum Gasteiger partial charge on any atom is 0.323 e. The van der Waals surface area contributed by atoms with E-state index < -0.39 is 18.5 Å². The van der Waals surface area contributed by atoms with Crippen molar-refractivity contribution < 1.29 is 14.7 Å². The number of carbonyl (C=O) groups excluding carboxylic acids is 1. The number of terminal acetylenes is 1. The van der Waals surface area contributed by atoms with E-state index in [0.717, 1.165) is 4.90 Å². The van der Waals surface area contributed by atoms with Crippen LogP contribution in [0.2, 0.25) is 0 Å². The minimum absolute atomic E-state index is 0.0730. The zero-order chi connectivity index (χ0) is 13.4. The maximum absolute atomic E-state index is 11.8. The van der Waals surface area contributed by atoms with Gasteiger partial charge in [-0.25, -0.2) is 4.79 Å². The second-order valence-electron chi connectivity index (χ2n) is 3.65. The number of hydrogen-bond donors (Lipinski definition) is 1. The molecule has 17 heavy (non-hydrogen) atoms. The van der Waals surface area contributed by atoms with E-state index in [1.165, 1.54) is 11.9 Å². The van der Waals surface area contributed by atoms with Crippen LogP contribution in [0.25, 0.3) is 0 Å². The highest BCUT2D eigenvalue weighted by atomic mass is 16.4. The van der Waals surface area contributed by atoms with Crippen LogP contribution in [0.15, 0.2) is 0 Å². The molecule has 0 aliphatic rings. The summed E-state index contributed by atoms with van der Waals surface area (Å²) < 4.78 is 0. The van der Waals surface area contributed by atoms with E-state index >= 15 is 0 Å². The van der Waals surface area contributed by atoms with Gasteiger partial charge in [0.2, 0.25) is 0 Å². The third-order valence-electron chi connectivity index (χ3n) is 1.97. The SMILES string of the molecule is C#CCN(CC(=O)O)C(=O)N(C)CC(C)C#N. The van der Waals surface area contributed by atoms with E-state index in [0.29, 0.717) is 0 Å². The zero-order valence-electron chi connectivity index (χ0n) is 9.88. The largest absolute Gasteiger partial charge is 0.480 e. The Morgan fingerprint density at radius 3 is 2.53 bits per heavy atom. The summed E-state index contributed by atoms with van der Waals surface area (Å²) in [6, 6.07) is 1.50. The number of amides is 2. The fourth-order valence-electron chi connectivity index (χ4n) is 1.24. The lowest BCUT2D eigenvalue weighted by Gasteiger charge is -2.26. The van der Waals surface area contributed by atoms with Crippen LogP contribution in [0.4, 0.5) is 4.79 Å². The lowest BCUT2D eigenvalue weighted by molar-refractivity contribution is -0.137. The molecule has 2 amide bonds. The van der Waals surface area contributed by atoms with Crippen molar-refractivity contribution in [3.8, 4) is 18.4 Å². The van der Waals surface area contributed by atoms with Crippen LogP contribution < -0.4 is 0 Å². The van der Waals surface area contributed by atoms with Crippen LogP contribution in [0.1, 0.15) is 6.92 Å². The summed E-state index contributed by atoms with van der Waals surface area (Å²) in [5.41, 5.74) is 0. The highest BCUT2D eigenvalue weighted by molar-refractivity contribution is 5.80. The molecule has 0 aromatic rings. The normalized spacial score (nSPS) is 10.8. The van der Waals surface area contributed by atoms with Gasteiger partial charge in [0, 0.05) is 13.6 Å². The summed E-state index contributed by atoms with van der Waals surface area (Å²) in [4.78, 5) is 24.7. The fraction of sp³-hybridized carbons (Fsp3) is 0.545. The van der Waals surface area contributed by atoms with Gasteiger partial charge in [0.1, 0.15) is 6.54 Å². The number of aliphatic carboxylic acids is 1. The number of rotatable bonds is 5. The van der Waals surface area contributed by atoms with Gasteiger partial charge in [-0.1, -0.05) is 5.92 Å². The topological polar surface area (TPSA) is 84.6 Å². The van der Waals surface area contributed by atoms with Gasteiger partial charge in [-0.3, -0.25) is 4.79 Å². The maximum atomic E-state index is 11.8. The Kier molecular flexibility index (Phi) is 6.20. The van der Waals surface area contributed by atoms with Crippen molar-refractivity contribution in [2.24, 2.45) is 5.92 Å². The summed E-state index contributed by atoms with van der Waals surface area (Å²) in [7, 11) is 1.50. The molecule has 1 atom stereocenters. The second kappa shape index (κ2) is 7.13. The average molecular weight is 237 g/mol. The Bertz CT molecular complexity index is 367. The molecule has 0 spiro atoms. The first-order valence-corrected chi connectivity index (χ1v) is 4.97. The third-order valence-corrected chi connectivity index (χ3v) is 1.97. The van der Waals surface area contributed by atoms with Crippen LogP contribution in [-0.2, 0) is 4.79 Å². The fourth-order valence-corrected chi connectivity index (χ4v) is 1.24. The first-order chi connectivity index (χ1) is 7.92. The minimum Gasteiger partial charge on any atom is -0.480 e. The number of carboxylic acids is 1. The number of urea groups is 1. The van der Waals surface area contributed by atoms with Crippen molar-refractivity contribution in [2.45, 2.75) is 6.92 Å². The highest BCUT2D eigenvalue weighted by Gasteiger charge is 2.20. The minimum atomic E-state index is -1.13. The Morgan fingerprint density at radius 1 is 1.53 bits per heavy atom. The van der Waals surface area contributed by atoms with Gasteiger partial charge in [0.05, 0.1) is 18.5 Å². The number of hydrogen-bond acceptors (Lipinski definition) is 3. The summed E-state index contributed by atoms with van der Waals surface area (Å²) in [5.74, 6) is 0.779. The Morgan fingerprint density at radius 2 is 2.12 bits per heavy atom. The van der Waals surface area contributed by atoms with Crippen LogP contribution in [-0.4, -0.2) is 53.6 Å². The molecule has 0 aromatic heterocycles. The molecule has 0 aliphatic carbocycles. The van der Waals surface area contributed by atoms with Gasteiger partial charge in [0.15, 0.2) is 0 Å². The smallest absolute Gasteiger partial charge is 0.323 e. The number of nitrogens with zero attached hydrogens (tertiary/aromatic N) is 3. The third kappa shape index (κ3) is 5.43. The van der Waals surface area contributed by atoms with Gasteiger partial charge < -0.3 is 14.9 Å². The van der Waals surface area contributed by atoms with Crippen molar-refractivity contribution >= 4 is 12.0 Å². The Hall–Kier alpha value is -2.21. The van der Waals surface area contributed by atoms with Gasteiger partial charge in [-0.2, -0.15) is 5.26 Å². The van der Waals surface area contributed by atoms with E-state index in [1.807, 2.05) is 6.07 Å². The molecule has 0 radical (unpaired) electrons. The average Bonchev–Trinajstić information content (AvgIpc) is 2.26. The molecule has 92 valence electrons. The Balaban J connectivity index is 4.56.